The lowest BCUT2D eigenvalue weighted by molar-refractivity contribution is 0.0516. The highest BCUT2D eigenvalue weighted by Gasteiger charge is 2.31. The Bertz CT molecular complexity index is 784. The summed E-state index contributed by atoms with van der Waals surface area (Å²) in [5.41, 5.74) is 11.0. The van der Waals surface area contributed by atoms with Crippen molar-refractivity contribution in [2.75, 3.05) is 18.1 Å². The maximum atomic E-state index is 12.6. The minimum Gasteiger partial charge on any atom is -0.461 e. The smallest absolute Gasteiger partial charge is 0.359 e. The summed E-state index contributed by atoms with van der Waals surface area (Å²) in [5, 5.41) is -0.0360. The molecule has 7 nitrogen and oxygen atoms in total. The lowest BCUT2D eigenvalue weighted by atomic mass is 10.3. The second kappa shape index (κ2) is 5.70. The van der Waals surface area contributed by atoms with Gasteiger partial charge in [0.2, 0.25) is 9.84 Å². The van der Waals surface area contributed by atoms with E-state index in [-0.39, 0.29) is 32.2 Å². The van der Waals surface area contributed by atoms with Gasteiger partial charge in [-0.3, -0.25) is 0 Å². The summed E-state index contributed by atoms with van der Waals surface area (Å²) < 4.78 is 29.8. The molecule has 21 heavy (non-hydrogen) atoms. The number of benzene rings is 1. The molecule has 0 saturated heterocycles. The molecule has 2 aromatic rings. The number of nitrogens with zero attached hydrogens (tertiary/aromatic N) is 1. The van der Waals surface area contributed by atoms with Crippen molar-refractivity contribution in [1.82, 2.24) is 4.98 Å². The van der Waals surface area contributed by atoms with Gasteiger partial charge in [-0.2, -0.15) is 0 Å². The summed E-state index contributed by atoms with van der Waals surface area (Å²) in [7, 11) is -3.99. The van der Waals surface area contributed by atoms with Crippen LogP contribution in [0.1, 0.15) is 17.4 Å². The first-order valence-corrected chi connectivity index (χ1v) is 8.21. The number of esters is 1. The van der Waals surface area contributed by atoms with Gasteiger partial charge in [0.1, 0.15) is 0 Å². The number of ether oxygens (including phenoxy) is 1. The van der Waals surface area contributed by atoms with Crippen molar-refractivity contribution in [2.45, 2.75) is 16.0 Å². The monoisotopic (exact) mass is 327 g/mol. The van der Waals surface area contributed by atoms with Gasteiger partial charge in [0.15, 0.2) is 15.0 Å². The fourth-order valence-corrected chi connectivity index (χ4v) is 4.39. The first-order chi connectivity index (χ1) is 9.87. The number of para-hydroxylation sites is 1. The second-order valence-corrected chi connectivity index (χ2v) is 7.09. The molecule has 0 amide bonds. The number of thiazole rings is 1. The molecule has 4 N–H and O–H groups in total. The Morgan fingerprint density at radius 1 is 1.33 bits per heavy atom. The molecule has 0 atom stereocenters. The molecule has 0 bridgehead atoms. The summed E-state index contributed by atoms with van der Waals surface area (Å²) in [6.45, 7) is 1.71. The van der Waals surface area contributed by atoms with Crippen LogP contribution in [-0.4, -0.2) is 26.0 Å². The lowest BCUT2D eigenvalue weighted by Gasteiger charge is -2.06. The largest absolute Gasteiger partial charge is 0.461 e. The van der Waals surface area contributed by atoms with Gasteiger partial charge in [0, 0.05) is 0 Å². The van der Waals surface area contributed by atoms with Crippen molar-refractivity contribution in [2.24, 2.45) is 0 Å². The molecule has 1 aromatic carbocycles. The summed E-state index contributed by atoms with van der Waals surface area (Å²) >= 11 is 0.701. The molecule has 0 aliphatic carbocycles. The zero-order valence-corrected chi connectivity index (χ0v) is 12.7. The van der Waals surface area contributed by atoms with Gasteiger partial charge in [-0.05, 0) is 19.1 Å². The first-order valence-electron chi connectivity index (χ1n) is 5.91. The van der Waals surface area contributed by atoms with E-state index >= 15 is 0 Å². The van der Waals surface area contributed by atoms with E-state index in [1.807, 2.05) is 0 Å². The minimum absolute atomic E-state index is 0.0360. The number of hydrogen-bond acceptors (Lipinski definition) is 8. The SMILES string of the molecule is CCOC(=O)c1nc(N)sc1S(=O)(=O)c1ccccc1N. The van der Waals surface area contributed by atoms with Gasteiger partial charge >= 0.3 is 5.97 Å². The molecule has 0 fully saturated rings. The van der Waals surface area contributed by atoms with Crippen LogP contribution in [0.4, 0.5) is 10.8 Å². The zero-order valence-electron chi connectivity index (χ0n) is 11.1. The highest BCUT2D eigenvalue weighted by molar-refractivity contribution is 7.93. The summed E-state index contributed by atoms with van der Waals surface area (Å²) in [6, 6.07) is 5.97. The first kappa shape index (κ1) is 15.3. The number of carbonyl (C=O) groups is 1. The molecule has 0 aliphatic heterocycles. The molecule has 0 unspecified atom stereocenters. The van der Waals surface area contributed by atoms with E-state index in [9.17, 15) is 13.2 Å². The van der Waals surface area contributed by atoms with Crippen molar-refractivity contribution in [3.05, 3.63) is 30.0 Å². The van der Waals surface area contributed by atoms with Crippen LogP contribution in [-0.2, 0) is 14.6 Å². The molecule has 0 radical (unpaired) electrons. The average Bonchev–Trinajstić information content (AvgIpc) is 2.82. The maximum absolute atomic E-state index is 12.6. The number of rotatable bonds is 4. The Morgan fingerprint density at radius 3 is 2.62 bits per heavy atom. The third kappa shape index (κ3) is 2.83. The molecule has 2 rings (SSSR count). The van der Waals surface area contributed by atoms with E-state index < -0.39 is 15.8 Å². The highest BCUT2D eigenvalue weighted by Crippen LogP contribution is 2.33. The maximum Gasteiger partial charge on any atom is 0.359 e. The Labute approximate surface area is 125 Å². The van der Waals surface area contributed by atoms with Crippen molar-refractivity contribution in [3.8, 4) is 0 Å². The Balaban J connectivity index is 2.61. The van der Waals surface area contributed by atoms with Crippen molar-refractivity contribution >= 4 is 38.0 Å². The lowest BCUT2D eigenvalue weighted by Crippen LogP contribution is -2.12. The van der Waals surface area contributed by atoms with Crippen molar-refractivity contribution < 1.29 is 17.9 Å². The van der Waals surface area contributed by atoms with Gasteiger partial charge in [-0.25, -0.2) is 18.2 Å². The zero-order chi connectivity index (χ0) is 15.6. The molecule has 0 aliphatic rings. The quantitative estimate of drug-likeness (QED) is 0.640. The number of carbonyl (C=O) groups excluding carboxylic acids is 1. The standard InChI is InChI=1S/C12H13N3O4S2/c1-2-19-10(16)9-11(20-12(14)15-9)21(17,18)8-6-4-3-5-7(8)13/h3-6H,2,13H2,1H3,(H2,14,15). The molecular formula is C12H13N3O4S2. The van der Waals surface area contributed by atoms with Gasteiger partial charge in [-0.1, -0.05) is 23.5 Å². The summed E-state index contributed by atoms with van der Waals surface area (Å²) in [6.07, 6.45) is 0. The summed E-state index contributed by atoms with van der Waals surface area (Å²) in [5.74, 6) is -0.835. The fraction of sp³-hybridized carbons (Fsp3) is 0.167. The Morgan fingerprint density at radius 2 is 2.00 bits per heavy atom. The number of anilines is 2. The van der Waals surface area contributed by atoms with Crippen LogP contribution >= 0.6 is 11.3 Å². The van der Waals surface area contributed by atoms with E-state index in [4.69, 9.17) is 16.2 Å². The van der Waals surface area contributed by atoms with E-state index in [2.05, 4.69) is 4.98 Å². The van der Waals surface area contributed by atoms with E-state index in [1.165, 1.54) is 18.2 Å². The van der Waals surface area contributed by atoms with Gasteiger partial charge in [0.25, 0.3) is 0 Å². The number of aromatic nitrogens is 1. The van der Waals surface area contributed by atoms with Crippen LogP contribution in [0.3, 0.4) is 0 Å². The van der Waals surface area contributed by atoms with Crippen LogP contribution < -0.4 is 11.5 Å². The third-order valence-electron chi connectivity index (χ3n) is 2.53. The predicted octanol–water partition coefficient (Wildman–Crippen LogP) is 1.32. The van der Waals surface area contributed by atoms with E-state index in [0.717, 1.165) is 0 Å². The average molecular weight is 327 g/mol. The van der Waals surface area contributed by atoms with Crippen LogP contribution in [0.2, 0.25) is 0 Å². The Kier molecular flexibility index (Phi) is 4.14. The second-order valence-electron chi connectivity index (χ2n) is 3.95. The molecule has 1 heterocycles. The molecule has 112 valence electrons. The van der Waals surface area contributed by atoms with Crippen LogP contribution in [0.25, 0.3) is 0 Å². The molecular weight excluding hydrogens is 314 g/mol. The Hall–Kier alpha value is -2.13. The van der Waals surface area contributed by atoms with Gasteiger partial charge in [0.05, 0.1) is 17.2 Å². The summed E-state index contributed by atoms with van der Waals surface area (Å²) in [4.78, 5) is 15.5. The number of sulfone groups is 1. The van der Waals surface area contributed by atoms with E-state index in [0.29, 0.717) is 11.3 Å². The van der Waals surface area contributed by atoms with Crippen LogP contribution in [0, 0.1) is 0 Å². The van der Waals surface area contributed by atoms with Crippen molar-refractivity contribution in [3.63, 3.8) is 0 Å². The van der Waals surface area contributed by atoms with Crippen LogP contribution in [0.5, 0.6) is 0 Å². The van der Waals surface area contributed by atoms with Gasteiger partial charge in [-0.15, -0.1) is 0 Å². The fourth-order valence-electron chi connectivity index (χ4n) is 1.66. The molecule has 9 heteroatoms. The van der Waals surface area contributed by atoms with E-state index in [1.54, 1.807) is 13.0 Å². The van der Waals surface area contributed by atoms with Crippen molar-refractivity contribution in [1.29, 1.82) is 0 Å². The molecule has 0 spiro atoms. The third-order valence-corrected chi connectivity index (χ3v) is 5.75. The van der Waals surface area contributed by atoms with Gasteiger partial charge < -0.3 is 16.2 Å². The highest BCUT2D eigenvalue weighted by atomic mass is 32.2. The molecule has 0 saturated carbocycles. The molecule has 1 aromatic heterocycles. The number of nitrogen functional groups attached to an aromatic ring is 2. The number of hydrogen-bond donors (Lipinski definition) is 2. The predicted molar refractivity (Wildman–Crippen MR) is 78.8 cm³/mol. The number of nitrogens with two attached hydrogens (primary N) is 2. The topological polar surface area (TPSA) is 125 Å². The minimum atomic E-state index is -3.99. The normalized spacial score (nSPS) is 11.3. The van der Waals surface area contributed by atoms with Crippen LogP contribution in [0.15, 0.2) is 33.4 Å².